The Morgan fingerprint density at radius 3 is 2.55 bits per heavy atom. The lowest BCUT2D eigenvalue weighted by atomic mass is 9.85. The van der Waals surface area contributed by atoms with E-state index in [0.717, 1.165) is 24.1 Å². The summed E-state index contributed by atoms with van der Waals surface area (Å²) < 4.78 is 21.7. The van der Waals surface area contributed by atoms with Gasteiger partial charge in [-0.2, -0.15) is 0 Å². The topological polar surface area (TPSA) is 192 Å². The van der Waals surface area contributed by atoms with Crippen molar-refractivity contribution in [1.82, 2.24) is 0 Å². The van der Waals surface area contributed by atoms with Crippen LogP contribution in [0, 0.1) is 0 Å². The molecule has 7 atom stereocenters. The van der Waals surface area contributed by atoms with Gasteiger partial charge in [0.25, 0.3) is 0 Å². The number of methoxy groups -OCH3 is 1. The zero-order chi connectivity index (χ0) is 32.0. The van der Waals surface area contributed by atoms with Crippen molar-refractivity contribution in [3.8, 4) is 11.5 Å². The van der Waals surface area contributed by atoms with Gasteiger partial charge in [-0.1, -0.05) is 36.4 Å². The Labute approximate surface area is 254 Å². The first-order valence-electron chi connectivity index (χ1n) is 14.2. The van der Waals surface area contributed by atoms with E-state index in [0.29, 0.717) is 12.0 Å². The highest BCUT2D eigenvalue weighted by atomic mass is 16.7. The van der Waals surface area contributed by atoms with E-state index in [9.17, 15) is 40.2 Å². The number of hydrogen-bond donors (Lipinski definition) is 6. The van der Waals surface area contributed by atoms with Gasteiger partial charge < -0.3 is 49.6 Å². The van der Waals surface area contributed by atoms with E-state index in [4.69, 9.17) is 18.9 Å². The number of benzene rings is 2. The van der Waals surface area contributed by atoms with Gasteiger partial charge in [-0.3, -0.25) is 4.79 Å². The molecule has 1 saturated heterocycles. The maximum absolute atomic E-state index is 14.0. The molecular weight excluding hydrogens is 576 g/mol. The fourth-order valence-corrected chi connectivity index (χ4v) is 5.50. The van der Waals surface area contributed by atoms with Crippen LogP contribution < -0.4 is 4.74 Å². The molecule has 0 radical (unpaired) electrons. The van der Waals surface area contributed by atoms with Gasteiger partial charge in [0, 0.05) is 25.7 Å². The second-order valence-corrected chi connectivity index (χ2v) is 10.8. The highest BCUT2D eigenvalue weighted by Crippen LogP contribution is 2.39. The van der Waals surface area contributed by atoms with E-state index in [1.807, 2.05) is 24.3 Å². The van der Waals surface area contributed by atoms with Crippen molar-refractivity contribution in [2.24, 2.45) is 0 Å². The molecule has 6 N–H and O–H groups in total. The smallest absolute Gasteiger partial charge is 0.334 e. The molecule has 238 valence electrons. The summed E-state index contributed by atoms with van der Waals surface area (Å²) in [5.74, 6) is -4.47. The van der Waals surface area contributed by atoms with Crippen LogP contribution in [0.4, 0.5) is 0 Å². The third kappa shape index (κ3) is 7.46. The van der Waals surface area contributed by atoms with E-state index in [1.165, 1.54) is 31.4 Å². The number of phenolic OH excluding ortho intramolecular Hbond substituents is 1. The van der Waals surface area contributed by atoms with Crippen molar-refractivity contribution in [2.75, 3.05) is 20.3 Å². The Morgan fingerprint density at radius 1 is 1.09 bits per heavy atom. The fraction of sp³-hybridized carbons (Fsp3) is 0.438. The van der Waals surface area contributed by atoms with Gasteiger partial charge in [-0.25, -0.2) is 4.79 Å². The largest absolute Gasteiger partial charge is 0.504 e. The molecular formula is C32H38O12. The van der Waals surface area contributed by atoms with Gasteiger partial charge in [0.05, 0.1) is 7.11 Å². The van der Waals surface area contributed by atoms with Crippen LogP contribution in [-0.4, -0.2) is 99.2 Å². The Hall–Kier alpha value is -3.78. The maximum atomic E-state index is 14.0. The molecule has 12 nitrogen and oxygen atoms in total. The molecule has 0 amide bonds. The van der Waals surface area contributed by atoms with Gasteiger partial charge in [0.15, 0.2) is 23.7 Å². The molecule has 0 aromatic heterocycles. The number of aliphatic hydroxyl groups is 5. The van der Waals surface area contributed by atoms with Crippen LogP contribution in [0.25, 0.3) is 6.08 Å². The van der Waals surface area contributed by atoms with Crippen LogP contribution in [0.5, 0.6) is 11.5 Å². The normalized spacial score (nSPS) is 27.0. The number of phenols is 1. The highest BCUT2D eigenvalue weighted by Gasteiger charge is 2.59. The number of rotatable bonds is 12. The third-order valence-electron chi connectivity index (χ3n) is 7.68. The number of fused-ring (bicyclic) bond motifs is 2. The van der Waals surface area contributed by atoms with Crippen molar-refractivity contribution in [3.63, 3.8) is 0 Å². The standard InChI is InChI=1S/C32H38O12/c1-18(35)42-29-27(38)28-25(37)8-11-32(40,44-28)30(29)43-31(39)23(15-20-6-7-24(36)26(16-20)41-2)17-22(10-13-34)21-5-3-4-19(14-21)9-12-33/h3-8,11,14-16,22,25,27-30,33-34,36-38,40H,9-10,12-13,17H2,1-2H3/b23-15+/t22-,25+,27-,28-,29+,30+,32+/m0/s1. The Kier molecular flexibility index (Phi) is 10.8. The molecule has 2 aromatic carbocycles. The molecule has 4 rings (SSSR count). The van der Waals surface area contributed by atoms with Crippen LogP contribution >= 0.6 is 0 Å². The number of aromatic hydroxyl groups is 1. The van der Waals surface area contributed by atoms with Gasteiger partial charge in [-0.15, -0.1) is 0 Å². The van der Waals surface area contributed by atoms with E-state index < -0.39 is 54.2 Å². The highest BCUT2D eigenvalue weighted by molar-refractivity contribution is 5.94. The second kappa shape index (κ2) is 14.3. The SMILES string of the molecule is COc1cc(/C=C(\C[C@H](CCO)c2cccc(CCO)c2)C(=O)O[C@@H]2[C@H](OC(C)=O)[C@@H](O)[C@H]3O[C@]2(O)C=C[C@H]3O)ccc1O. The average molecular weight is 615 g/mol. The molecule has 2 aromatic rings. The quantitative estimate of drug-likeness (QED) is 0.113. The van der Waals surface area contributed by atoms with E-state index >= 15 is 0 Å². The molecule has 44 heavy (non-hydrogen) atoms. The lowest BCUT2D eigenvalue weighted by molar-refractivity contribution is -0.340. The second-order valence-electron chi connectivity index (χ2n) is 10.8. The molecule has 2 aliphatic rings. The zero-order valence-corrected chi connectivity index (χ0v) is 24.4. The molecule has 0 unspecified atom stereocenters. The van der Waals surface area contributed by atoms with Crippen LogP contribution in [0.2, 0.25) is 0 Å². The van der Waals surface area contributed by atoms with Gasteiger partial charge in [-0.05, 0) is 66.2 Å². The molecule has 0 saturated carbocycles. The van der Waals surface area contributed by atoms with Crippen LogP contribution in [0.15, 0.2) is 60.2 Å². The summed E-state index contributed by atoms with van der Waals surface area (Å²) in [6.45, 7) is 0.832. The molecule has 2 aliphatic heterocycles. The number of ether oxygens (including phenoxy) is 4. The van der Waals surface area contributed by atoms with Crippen molar-refractivity contribution >= 4 is 18.0 Å². The number of carbonyl (C=O) groups excluding carboxylic acids is 2. The van der Waals surface area contributed by atoms with Crippen LogP contribution in [0.1, 0.15) is 42.4 Å². The van der Waals surface area contributed by atoms with Crippen LogP contribution in [0.3, 0.4) is 0 Å². The summed E-state index contributed by atoms with van der Waals surface area (Å²) in [6.07, 6.45) is -3.15. The summed E-state index contributed by atoms with van der Waals surface area (Å²) in [4.78, 5) is 25.9. The van der Waals surface area contributed by atoms with Crippen molar-refractivity contribution in [1.29, 1.82) is 0 Å². The number of esters is 2. The van der Waals surface area contributed by atoms with E-state index in [1.54, 1.807) is 6.07 Å². The Morgan fingerprint density at radius 2 is 1.86 bits per heavy atom. The summed E-state index contributed by atoms with van der Waals surface area (Å²) >= 11 is 0. The van der Waals surface area contributed by atoms with Gasteiger partial charge in [0.2, 0.25) is 5.79 Å². The van der Waals surface area contributed by atoms with Gasteiger partial charge in [0.1, 0.15) is 18.3 Å². The van der Waals surface area contributed by atoms with Crippen molar-refractivity contribution < 1.29 is 59.2 Å². The summed E-state index contributed by atoms with van der Waals surface area (Å²) in [7, 11) is 1.38. The molecule has 2 heterocycles. The third-order valence-corrected chi connectivity index (χ3v) is 7.68. The minimum Gasteiger partial charge on any atom is -0.504 e. The molecule has 1 fully saturated rings. The first-order valence-corrected chi connectivity index (χ1v) is 14.2. The molecule has 12 heteroatoms. The number of hydrogen-bond acceptors (Lipinski definition) is 12. The fourth-order valence-electron chi connectivity index (χ4n) is 5.50. The van der Waals surface area contributed by atoms with Crippen molar-refractivity contribution in [2.45, 2.75) is 68.4 Å². The first-order chi connectivity index (χ1) is 21.0. The molecule has 2 bridgehead atoms. The van der Waals surface area contributed by atoms with Crippen LogP contribution in [-0.2, 0) is 30.2 Å². The lowest BCUT2D eigenvalue weighted by Gasteiger charge is -2.49. The number of aliphatic hydroxyl groups excluding tert-OH is 4. The predicted octanol–water partition coefficient (Wildman–Crippen LogP) is 1.10. The Bertz CT molecular complexity index is 1390. The molecule has 0 spiro atoms. The minimum absolute atomic E-state index is 0.0368. The van der Waals surface area contributed by atoms with E-state index in [2.05, 4.69) is 0 Å². The molecule has 0 aliphatic carbocycles. The van der Waals surface area contributed by atoms with Crippen molar-refractivity contribution in [3.05, 3.63) is 76.9 Å². The maximum Gasteiger partial charge on any atom is 0.334 e. The monoisotopic (exact) mass is 614 g/mol. The zero-order valence-electron chi connectivity index (χ0n) is 24.4. The lowest BCUT2D eigenvalue weighted by Crippen LogP contribution is -2.69. The predicted molar refractivity (Wildman–Crippen MR) is 155 cm³/mol. The summed E-state index contributed by atoms with van der Waals surface area (Å²) in [5, 5.41) is 61.8. The first kappa shape index (κ1) is 33.1. The summed E-state index contributed by atoms with van der Waals surface area (Å²) in [5.41, 5.74) is 2.20. The Balaban J connectivity index is 1.75. The van der Waals surface area contributed by atoms with E-state index in [-0.39, 0.29) is 43.1 Å². The average Bonchev–Trinajstić information content (AvgIpc) is 2.99. The number of carbonyl (C=O) groups is 2. The summed E-state index contributed by atoms with van der Waals surface area (Å²) in [6, 6.07) is 11.8. The minimum atomic E-state index is -2.34. The van der Waals surface area contributed by atoms with Gasteiger partial charge >= 0.3 is 11.9 Å².